The molecule has 0 aliphatic heterocycles. The molecule has 0 radical (unpaired) electrons. The van der Waals surface area contributed by atoms with Crippen LogP contribution in [0.2, 0.25) is 0 Å². The maximum Gasteiger partial charge on any atom is 0.472 e. The predicted octanol–water partition coefficient (Wildman–Crippen LogP) is 12.9. The van der Waals surface area contributed by atoms with Crippen molar-refractivity contribution in [2.75, 3.05) is 47.5 Å². The number of ether oxygens (including phenoxy) is 2. The number of allylic oxidation sites excluding steroid dienone is 1. The molecule has 0 rings (SSSR count). The summed E-state index contributed by atoms with van der Waals surface area (Å²) in [5.74, 6) is -0.897. The van der Waals surface area contributed by atoms with Gasteiger partial charge < -0.3 is 29.1 Å². The minimum absolute atomic E-state index is 0.00950. The van der Waals surface area contributed by atoms with E-state index in [1.54, 1.807) is 0 Å². The lowest BCUT2D eigenvalue weighted by molar-refractivity contribution is -0.870. The maximum absolute atomic E-state index is 12.8. The second-order valence-corrected chi connectivity index (χ2v) is 20.3. The van der Waals surface area contributed by atoms with Gasteiger partial charge in [-0.15, -0.1) is 0 Å². The lowest BCUT2D eigenvalue weighted by atomic mass is 10.0. The Labute approximate surface area is 381 Å². The van der Waals surface area contributed by atoms with E-state index in [4.69, 9.17) is 18.5 Å². The van der Waals surface area contributed by atoms with E-state index in [1.165, 1.54) is 122 Å². The number of phosphoric acid groups is 1. The van der Waals surface area contributed by atoms with Crippen LogP contribution in [0.5, 0.6) is 0 Å². The van der Waals surface area contributed by atoms with Crippen LogP contribution in [0.25, 0.3) is 0 Å². The van der Waals surface area contributed by atoms with Gasteiger partial charge >= 0.3 is 19.8 Å². The molecule has 0 aromatic rings. The molecule has 0 bridgehead atoms. The van der Waals surface area contributed by atoms with Crippen molar-refractivity contribution in [3.05, 3.63) is 12.2 Å². The molecule has 0 saturated heterocycles. The highest BCUT2D eigenvalue weighted by molar-refractivity contribution is 7.47. The molecule has 0 amide bonds. The Hall–Kier alpha value is -1.33. The number of rotatable bonds is 47. The van der Waals surface area contributed by atoms with Gasteiger partial charge in [-0.05, 0) is 38.5 Å². The Morgan fingerprint density at radius 3 is 1.47 bits per heavy atom. The average Bonchev–Trinajstić information content (AvgIpc) is 3.22. The first kappa shape index (κ1) is 60.7. The summed E-state index contributed by atoms with van der Waals surface area (Å²) < 4.78 is 34.3. The molecular formula is C50H99NO10P+. The number of phosphoric ester groups is 1. The summed E-state index contributed by atoms with van der Waals surface area (Å²) in [4.78, 5) is 35.5. The number of quaternary nitrogens is 1. The van der Waals surface area contributed by atoms with Crippen molar-refractivity contribution in [2.45, 2.75) is 250 Å². The van der Waals surface area contributed by atoms with Gasteiger partial charge in [0.2, 0.25) is 0 Å². The molecule has 3 N–H and O–H groups in total. The van der Waals surface area contributed by atoms with Crippen molar-refractivity contribution in [2.24, 2.45) is 0 Å². The largest absolute Gasteiger partial charge is 0.472 e. The van der Waals surface area contributed by atoms with Crippen LogP contribution in [-0.4, -0.2) is 97.3 Å². The first-order chi connectivity index (χ1) is 29.8. The fourth-order valence-corrected chi connectivity index (χ4v) is 8.07. The molecule has 0 heterocycles. The van der Waals surface area contributed by atoms with E-state index >= 15 is 0 Å². The van der Waals surface area contributed by atoms with E-state index in [0.717, 1.165) is 57.8 Å². The summed E-state index contributed by atoms with van der Waals surface area (Å²) in [5, 5.41) is 20.5. The minimum Gasteiger partial charge on any atom is -0.462 e. The van der Waals surface area contributed by atoms with E-state index in [9.17, 15) is 29.3 Å². The molecule has 0 aromatic heterocycles. The summed E-state index contributed by atoms with van der Waals surface area (Å²) in [6, 6.07) is 0. The third-order valence-electron chi connectivity index (χ3n) is 11.5. The van der Waals surface area contributed by atoms with Crippen molar-refractivity contribution in [3.63, 3.8) is 0 Å². The number of carbonyl (C=O) groups is 2. The van der Waals surface area contributed by atoms with Crippen LogP contribution in [0.4, 0.5) is 0 Å². The van der Waals surface area contributed by atoms with Crippen LogP contribution in [0.15, 0.2) is 12.2 Å². The molecular weight excluding hydrogens is 806 g/mol. The summed E-state index contributed by atoms with van der Waals surface area (Å²) >= 11 is 0. The van der Waals surface area contributed by atoms with Gasteiger partial charge in [-0.25, -0.2) is 4.57 Å². The van der Waals surface area contributed by atoms with E-state index in [2.05, 4.69) is 19.9 Å². The molecule has 0 fully saturated rings. The molecule has 11 nitrogen and oxygen atoms in total. The number of aliphatic hydroxyl groups is 2. The quantitative estimate of drug-likeness (QED) is 0.0177. The first-order valence-electron chi connectivity index (χ1n) is 25.6. The van der Waals surface area contributed by atoms with Gasteiger partial charge in [0, 0.05) is 12.8 Å². The second kappa shape index (κ2) is 42.3. The Kier molecular flexibility index (Phi) is 41.4. The normalized spacial score (nSPS) is 14.5. The monoisotopic (exact) mass is 905 g/mol. The fraction of sp³-hybridized carbons (Fsp3) is 0.920. The zero-order valence-electron chi connectivity index (χ0n) is 40.9. The Bertz CT molecular complexity index is 1100. The van der Waals surface area contributed by atoms with E-state index in [0.29, 0.717) is 36.7 Å². The summed E-state index contributed by atoms with van der Waals surface area (Å²) in [7, 11) is 1.40. The van der Waals surface area contributed by atoms with Gasteiger partial charge in [-0.1, -0.05) is 193 Å². The first-order valence-corrected chi connectivity index (χ1v) is 27.1. The molecule has 4 atom stereocenters. The van der Waals surface area contributed by atoms with Gasteiger partial charge in [-0.2, -0.15) is 0 Å². The Morgan fingerprint density at radius 1 is 0.548 bits per heavy atom. The van der Waals surface area contributed by atoms with Gasteiger partial charge in [0.25, 0.3) is 0 Å². The molecule has 0 aliphatic rings. The van der Waals surface area contributed by atoms with Gasteiger partial charge in [0.1, 0.15) is 19.8 Å². The highest BCUT2D eigenvalue weighted by Gasteiger charge is 2.27. The van der Waals surface area contributed by atoms with Crippen molar-refractivity contribution in [3.8, 4) is 0 Å². The summed E-state index contributed by atoms with van der Waals surface area (Å²) in [6.45, 7) is 4.23. The summed E-state index contributed by atoms with van der Waals surface area (Å²) in [6.07, 6.45) is 38.5. The van der Waals surface area contributed by atoms with Crippen LogP contribution in [0, 0.1) is 0 Å². The zero-order valence-corrected chi connectivity index (χ0v) is 41.7. The van der Waals surface area contributed by atoms with Gasteiger partial charge in [-0.3, -0.25) is 18.6 Å². The highest BCUT2D eigenvalue weighted by Crippen LogP contribution is 2.43. The average molecular weight is 905 g/mol. The van der Waals surface area contributed by atoms with E-state index in [1.807, 2.05) is 27.2 Å². The molecule has 0 aliphatic carbocycles. The highest BCUT2D eigenvalue weighted by atomic mass is 31.2. The number of nitrogens with zero attached hydrogens (tertiary/aromatic N) is 1. The number of unbranched alkanes of at least 4 members (excludes halogenated alkanes) is 27. The lowest BCUT2D eigenvalue weighted by Gasteiger charge is -2.24. The number of hydrogen-bond donors (Lipinski definition) is 3. The standard InChI is InChI=1S/C50H98NO10P/c1-6-8-10-12-14-15-16-17-18-19-20-21-22-23-24-25-26-27-28-32-37-41-50(55)61-46(45-60-62(56,57)59-43-42-51(3,4)5)44-58-49(54)40-36-33-29-31-35-39-48(53)47(52)38-34-30-13-11-9-7-2/h30,34,46-48,52-53H,6-29,31-33,35-45H2,1-5H3/p+1/b34-30-/t46-,47-,48-/m1/s1. The second-order valence-electron chi connectivity index (χ2n) is 18.9. The van der Waals surface area contributed by atoms with Crippen LogP contribution < -0.4 is 0 Å². The van der Waals surface area contributed by atoms with Gasteiger partial charge in [0.05, 0.1) is 40.0 Å². The number of likely N-dealkylation sites (N-methyl/N-ethyl adjacent to an activating group) is 1. The van der Waals surface area contributed by atoms with Crippen LogP contribution in [0.1, 0.15) is 232 Å². The SMILES string of the molecule is CCCCC/C=C\C[C@@H](O)[C@H](O)CCCCCCCC(=O)OC[C@H](COP(=O)(O)OCC[N+](C)(C)C)OC(=O)CCCCCCCCCCCCCCCCCCCCCCC. The molecule has 62 heavy (non-hydrogen) atoms. The third kappa shape index (κ3) is 43.9. The number of esters is 2. The zero-order chi connectivity index (χ0) is 46.0. The van der Waals surface area contributed by atoms with Crippen LogP contribution in [-0.2, 0) is 32.7 Å². The topological polar surface area (TPSA) is 149 Å². The van der Waals surface area contributed by atoms with Gasteiger partial charge in [0.15, 0.2) is 6.10 Å². The molecule has 368 valence electrons. The lowest BCUT2D eigenvalue weighted by Crippen LogP contribution is -2.37. The summed E-state index contributed by atoms with van der Waals surface area (Å²) in [5.41, 5.74) is 0. The number of hydrogen-bond acceptors (Lipinski definition) is 9. The number of carbonyl (C=O) groups excluding carboxylic acids is 2. The van der Waals surface area contributed by atoms with Crippen molar-refractivity contribution >= 4 is 19.8 Å². The predicted molar refractivity (Wildman–Crippen MR) is 255 cm³/mol. The molecule has 12 heteroatoms. The molecule has 0 saturated carbocycles. The minimum atomic E-state index is -4.41. The van der Waals surface area contributed by atoms with E-state index < -0.39 is 44.7 Å². The molecule has 0 spiro atoms. The van der Waals surface area contributed by atoms with Crippen LogP contribution in [0.3, 0.4) is 0 Å². The van der Waals surface area contributed by atoms with Crippen LogP contribution >= 0.6 is 7.82 Å². The molecule has 1 unspecified atom stereocenters. The van der Waals surface area contributed by atoms with Crippen molar-refractivity contribution in [1.82, 2.24) is 0 Å². The maximum atomic E-state index is 12.8. The van der Waals surface area contributed by atoms with Crippen molar-refractivity contribution < 1.29 is 52.3 Å². The smallest absolute Gasteiger partial charge is 0.462 e. The fourth-order valence-electron chi connectivity index (χ4n) is 7.33. The Morgan fingerprint density at radius 2 is 0.984 bits per heavy atom. The van der Waals surface area contributed by atoms with Crippen molar-refractivity contribution in [1.29, 1.82) is 0 Å². The third-order valence-corrected chi connectivity index (χ3v) is 12.5. The van der Waals surface area contributed by atoms with E-state index in [-0.39, 0.29) is 26.1 Å². The Balaban J connectivity index is 4.31. The number of aliphatic hydroxyl groups excluding tert-OH is 2. The molecule has 0 aromatic carbocycles.